The van der Waals surface area contributed by atoms with E-state index in [-0.39, 0.29) is 24.0 Å². The lowest BCUT2D eigenvalue weighted by molar-refractivity contribution is -0.113. The molecule has 0 unspecified atom stereocenters. The van der Waals surface area contributed by atoms with Crippen molar-refractivity contribution in [3.8, 4) is 0 Å². The molecule has 0 fully saturated rings. The maximum atomic E-state index is 12.9. The third-order valence-corrected chi connectivity index (χ3v) is 7.41. The van der Waals surface area contributed by atoms with Gasteiger partial charge in [0, 0.05) is 17.5 Å². The van der Waals surface area contributed by atoms with Crippen LogP contribution in [0.5, 0.6) is 0 Å². The van der Waals surface area contributed by atoms with E-state index in [0.29, 0.717) is 27.3 Å². The minimum atomic E-state index is -0.450. The summed E-state index contributed by atoms with van der Waals surface area (Å²) in [5.41, 5.74) is 3.01. The first-order valence-corrected chi connectivity index (χ1v) is 12.9. The zero-order valence-corrected chi connectivity index (χ0v) is 20.6. The number of pyridine rings is 1. The number of aryl methyl sites for hydroxylation is 1. The molecule has 1 aliphatic rings. The fourth-order valence-corrected chi connectivity index (χ4v) is 5.56. The molecular weight excluding hydrogens is 474 g/mol. The Labute approximate surface area is 205 Å². The lowest BCUT2D eigenvalue weighted by Crippen LogP contribution is -2.31. The second-order valence-corrected chi connectivity index (χ2v) is 9.69. The Bertz CT molecular complexity index is 1260. The summed E-state index contributed by atoms with van der Waals surface area (Å²) in [6.07, 6.45) is 5.36. The fraction of sp³-hybridized carbons (Fsp3) is 0.391. The molecule has 34 heavy (non-hydrogen) atoms. The van der Waals surface area contributed by atoms with Crippen molar-refractivity contribution in [2.75, 3.05) is 17.7 Å². The quantitative estimate of drug-likeness (QED) is 0.285. The summed E-state index contributed by atoms with van der Waals surface area (Å²) in [5, 5.41) is 3.68. The predicted octanol–water partition coefficient (Wildman–Crippen LogP) is 3.24. The second kappa shape index (κ2) is 10.9. The third kappa shape index (κ3) is 5.53. The molecule has 0 radical (unpaired) electrons. The van der Waals surface area contributed by atoms with Gasteiger partial charge in [-0.2, -0.15) is 4.98 Å². The molecule has 9 nitrogen and oxygen atoms in total. The third-order valence-electron chi connectivity index (χ3n) is 5.34. The van der Waals surface area contributed by atoms with Crippen LogP contribution in [0.3, 0.4) is 0 Å². The molecule has 0 saturated carbocycles. The second-order valence-electron chi connectivity index (χ2n) is 7.73. The molecule has 11 heteroatoms. The Morgan fingerprint density at radius 2 is 2.06 bits per heavy atom. The predicted molar refractivity (Wildman–Crippen MR) is 131 cm³/mol. The van der Waals surface area contributed by atoms with E-state index in [1.54, 1.807) is 24.6 Å². The van der Waals surface area contributed by atoms with Crippen LogP contribution in [-0.2, 0) is 28.9 Å². The summed E-state index contributed by atoms with van der Waals surface area (Å²) in [4.78, 5) is 50.7. The molecule has 3 heterocycles. The fourth-order valence-electron chi connectivity index (χ4n) is 3.81. The van der Waals surface area contributed by atoms with E-state index >= 15 is 0 Å². The van der Waals surface area contributed by atoms with Crippen LogP contribution in [0.1, 0.15) is 52.1 Å². The maximum absolute atomic E-state index is 12.9. The Morgan fingerprint density at radius 1 is 1.24 bits per heavy atom. The van der Waals surface area contributed by atoms with Gasteiger partial charge in [0.1, 0.15) is 9.90 Å². The SMILES string of the molecule is CCOC(=O)c1sc(NC(=O)CSc2nc(=O)n(Cc3ccccn3)c3c2CCCC3)nc1C. The normalized spacial score (nSPS) is 12.8. The molecule has 0 aliphatic heterocycles. The van der Waals surface area contributed by atoms with Crippen LogP contribution in [0.4, 0.5) is 5.13 Å². The highest BCUT2D eigenvalue weighted by atomic mass is 32.2. The molecule has 0 atom stereocenters. The van der Waals surface area contributed by atoms with Gasteiger partial charge < -0.3 is 10.1 Å². The van der Waals surface area contributed by atoms with Crippen LogP contribution >= 0.6 is 23.1 Å². The first-order valence-electron chi connectivity index (χ1n) is 11.1. The molecule has 3 aromatic heterocycles. The Morgan fingerprint density at radius 3 is 2.82 bits per heavy atom. The summed E-state index contributed by atoms with van der Waals surface area (Å²) in [5.74, 6) is -0.649. The van der Waals surface area contributed by atoms with E-state index in [2.05, 4.69) is 20.3 Å². The van der Waals surface area contributed by atoms with Gasteiger partial charge in [-0.15, -0.1) is 0 Å². The van der Waals surface area contributed by atoms with Gasteiger partial charge in [-0.25, -0.2) is 14.6 Å². The molecule has 1 amide bonds. The van der Waals surface area contributed by atoms with Crippen molar-refractivity contribution < 1.29 is 14.3 Å². The van der Waals surface area contributed by atoms with Crippen LogP contribution < -0.4 is 11.0 Å². The summed E-state index contributed by atoms with van der Waals surface area (Å²) >= 11 is 2.33. The number of esters is 1. The zero-order chi connectivity index (χ0) is 24.1. The summed E-state index contributed by atoms with van der Waals surface area (Å²) in [6, 6.07) is 5.63. The van der Waals surface area contributed by atoms with E-state index in [1.807, 2.05) is 18.2 Å². The summed E-state index contributed by atoms with van der Waals surface area (Å²) in [6.45, 7) is 4.08. The molecule has 1 aliphatic carbocycles. The van der Waals surface area contributed by atoms with Crippen LogP contribution in [-0.4, -0.2) is 43.8 Å². The number of aromatic nitrogens is 4. The molecule has 0 spiro atoms. The van der Waals surface area contributed by atoms with Crippen molar-refractivity contribution in [1.82, 2.24) is 19.5 Å². The Kier molecular flexibility index (Phi) is 7.73. The molecule has 3 aromatic rings. The number of nitrogens with zero attached hydrogens (tertiary/aromatic N) is 4. The number of anilines is 1. The van der Waals surface area contributed by atoms with E-state index < -0.39 is 5.97 Å². The summed E-state index contributed by atoms with van der Waals surface area (Å²) < 4.78 is 6.72. The largest absolute Gasteiger partial charge is 0.462 e. The van der Waals surface area contributed by atoms with Crippen LogP contribution in [0.25, 0.3) is 0 Å². The number of thiazole rings is 1. The highest BCUT2D eigenvalue weighted by Crippen LogP contribution is 2.29. The van der Waals surface area contributed by atoms with E-state index in [4.69, 9.17) is 4.74 Å². The number of rotatable bonds is 8. The Balaban J connectivity index is 1.47. The van der Waals surface area contributed by atoms with Crippen molar-refractivity contribution in [3.05, 3.63) is 62.4 Å². The van der Waals surface area contributed by atoms with Crippen LogP contribution in [0.15, 0.2) is 34.2 Å². The van der Waals surface area contributed by atoms with Gasteiger partial charge in [-0.05, 0) is 51.7 Å². The lowest BCUT2D eigenvalue weighted by atomic mass is 9.97. The van der Waals surface area contributed by atoms with Gasteiger partial charge in [0.25, 0.3) is 0 Å². The number of hydrogen-bond donors (Lipinski definition) is 1. The molecule has 0 saturated heterocycles. The molecule has 0 aromatic carbocycles. The average Bonchev–Trinajstić information content (AvgIpc) is 3.20. The maximum Gasteiger partial charge on any atom is 0.350 e. The van der Waals surface area contributed by atoms with Crippen molar-refractivity contribution in [2.24, 2.45) is 0 Å². The number of amides is 1. The van der Waals surface area contributed by atoms with Gasteiger partial charge in [-0.1, -0.05) is 29.2 Å². The molecule has 1 N–H and O–H groups in total. The van der Waals surface area contributed by atoms with Crippen molar-refractivity contribution in [2.45, 2.75) is 51.1 Å². The van der Waals surface area contributed by atoms with E-state index in [9.17, 15) is 14.4 Å². The van der Waals surface area contributed by atoms with Crippen molar-refractivity contribution in [3.63, 3.8) is 0 Å². The highest BCUT2D eigenvalue weighted by molar-refractivity contribution is 8.00. The lowest BCUT2D eigenvalue weighted by Gasteiger charge is -2.22. The first kappa shape index (κ1) is 24.1. The van der Waals surface area contributed by atoms with Crippen molar-refractivity contribution in [1.29, 1.82) is 0 Å². The number of hydrogen-bond acceptors (Lipinski definition) is 9. The first-order chi connectivity index (χ1) is 16.5. The van der Waals surface area contributed by atoms with Gasteiger partial charge in [-0.3, -0.25) is 14.3 Å². The number of ether oxygens (including phenoxy) is 1. The summed E-state index contributed by atoms with van der Waals surface area (Å²) in [7, 11) is 0. The topological polar surface area (TPSA) is 116 Å². The number of thioether (sulfide) groups is 1. The molecular formula is C23H25N5O4S2. The van der Waals surface area contributed by atoms with E-state index in [0.717, 1.165) is 54.0 Å². The Hall–Kier alpha value is -3.05. The minimum absolute atomic E-state index is 0.0799. The van der Waals surface area contributed by atoms with Gasteiger partial charge in [0.2, 0.25) is 5.91 Å². The van der Waals surface area contributed by atoms with Crippen LogP contribution in [0.2, 0.25) is 0 Å². The van der Waals surface area contributed by atoms with Crippen LogP contribution in [0, 0.1) is 6.92 Å². The number of fused-ring (bicyclic) bond motifs is 1. The zero-order valence-electron chi connectivity index (χ0n) is 19.0. The minimum Gasteiger partial charge on any atom is -0.462 e. The molecule has 0 bridgehead atoms. The van der Waals surface area contributed by atoms with Gasteiger partial charge in [0.05, 0.1) is 30.3 Å². The molecule has 178 valence electrons. The molecule has 4 rings (SSSR count). The highest BCUT2D eigenvalue weighted by Gasteiger charge is 2.22. The average molecular weight is 500 g/mol. The van der Waals surface area contributed by atoms with E-state index in [1.165, 1.54) is 11.8 Å². The number of carbonyl (C=O) groups is 2. The number of nitrogens with one attached hydrogen (secondary N) is 1. The van der Waals surface area contributed by atoms with Gasteiger partial charge in [0.15, 0.2) is 5.13 Å². The van der Waals surface area contributed by atoms with Crippen molar-refractivity contribution >= 4 is 40.1 Å². The smallest absolute Gasteiger partial charge is 0.350 e. The van der Waals surface area contributed by atoms with Gasteiger partial charge >= 0.3 is 11.7 Å². The standard InChI is InChI=1S/C23H25N5O4S2/c1-3-32-21(30)19-14(2)25-22(34-19)26-18(29)13-33-20-16-9-4-5-10-17(16)28(23(31)27-20)12-15-8-6-7-11-24-15/h6-8,11H,3-5,9-10,12-13H2,1-2H3,(H,25,26,29). The number of carbonyl (C=O) groups excluding carboxylic acids is 2. The monoisotopic (exact) mass is 499 g/mol.